The van der Waals surface area contributed by atoms with E-state index in [1.54, 1.807) is 6.20 Å². The van der Waals surface area contributed by atoms with E-state index < -0.39 is 0 Å². The summed E-state index contributed by atoms with van der Waals surface area (Å²) in [4.78, 5) is 4.21. The lowest BCUT2D eigenvalue weighted by atomic mass is 10.1. The quantitative estimate of drug-likeness (QED) is 0.897. The lowest BCUT2D eigenvalue weighted by molar-refractivity contribution is 0.573. The molecule has 1 N–H and O–H groups in total. The summed E-state index contributed by atoms with van der Waals surface area (Å²) < 4.78 is 1.83. The van der Waals surface area contributed by atoms with E-state index in [0.717, 1.165) is 20.4 Å². The number of halogens is 2. The summed E-state index contributed by atoms with van der Waals surface area (Å²) >= 11 is 10.8. The highest BCUT2D eigenvalue weighted by atomic mass is 79.9. The van der Waals surface area contributed by atoms with Crippen LogP contribution in [-0.2, 0) is 6.54 Å². The van der Waals surface area contributed by atoms with Crippen LogP contribution < -0.4 is 5.32 Å². The summed E-state index contributed by atoms with van der Waals surface area (Å²) in [5.74, 6) is 0. The van der Waals surface area contributed by atoms with Gasteiger partial charge in [0.15, 0.2) is 0 Å². The average molecular weight is 332 g/mol. The van der Waals surface area contributed by atoms with Crippen molar-refractivity contribution in [3.8, 4) is 0 Å². The first-order chi connectivity index (χ1) is 8.15. The van der Waals surface area contributed by atoms with Crippen LogP contribution in [0.1, 0.15) is 23.5 Å². The second-order valence-corrected chi connectivity index (χ2v) is 6.38. The Morgan fingerprint density at radius 3 is 3.00 bits per heavy atom. The van der Waals surface area contributed by atoms with Crippen molar-refractivity contribution in [2.45, 2.75) is 19.5 Å². The summed E-state index contributed by atoms with van der Waals surface area (Å²) in [6.07, 6.45) is 1.69. The van der Waals surface area contributed by atoms with E-state index in [4.69, 9.17) is 11.6 Å². The molecular formula is C12H12BrClN2S. The highest BCUT2D eigenvalue weighted by Gasteiger charge is 2.06. The Hall–Kier alpha value is -0.420. The van der Waals surface area contributed by atoms with Gasteiger partial charge in [0.05, 0.1) is 6.20 Å². The lowest BCUT2D eigenvalue weighted by Gasteiger charge is -2.13. The Bertz CT molecular complexity index is 501. The molecule has 2 aromatic rings. The zero-order valence-corrected chi connectivity index (χ0v) is 12.4. The van der Waals surface area contributed by atoms with Crippen LogP contribution in [0, 0.1) is 0 Å². The van der Waals surface area contributed by atoms with Gasteiger partial charge >= 0.3 is 0 Å². The van der Waals surface area contributed by atoms with Gasteiger partial charge in [-0.25, -0.2) is 4.98 Å². The number of benzene rings is 1. The van der Waals surface area contributed by atoms with Crippen LogP contribution >= 0.6 is 38.9 Å². The maximum absolute atomic E-state index is 5.84. The maximum atomic E-state index is 5.84. The molecule has 1 atom stereocenters. The molecule has 0 fully saturated rings. The van der Waals surface area contributed by atoms with Crippen molar-refractivity contribution in [2.24, 2.45) is 0 Å². The van der Waals surface area contributed by atoms with Crippen LogP contribution in [0.5, 0.6) is 0 Å². The molecule has 0 radical (unpaired) electrons. The molecule has 0 saturated heterocycles. The Morgan fingerprint density at radius 2 is 2.35 bits per heavy atom. The minimum Gasteiger partial charge on any atom is -0.304 e. The Balaban J connectivity index is 1.95. The lowest BCUT2D eigenvalue weighted by Crippen LogP contribution is -2.17. The molecule has 0 spiro atoms. The highest BCUT2D eigenvalue weighted by molar-refractivity contribution is 9.10. The summed E-state index contributed by atoms with van der Waals surface area (Å²) in [5.41, 5.74) is 1.25. The summed E-state index contributed by atoms with van der Waals surface area (Å²) in [6.45, 7) is 2.88. The van der Waals surface area contributed by atoms with Crippen molar-refractivity contribution >= 4 is 38.9 Å². The third kappa shape index (κ3) is 3.78. The second kappa shape index (κ2) is 5.96. The van der Waals surface area contributed by atoms with Gasteiger partial charge in [0.2, 0.25) is 0 Å². The van der Waals surface area contributed by atoms with Crippen LogP contribution in [-0.4, -0.2) is 4.98 Å². The van der Waals surface area contributed by atoms with Crippen molar-refractivity contribution in [1.29, 1.82) is 0 Å². The molecule has 1 aromatic heterocycles. The Morgan fingerprint density at radius 1 is 1.53 bits per heavy atom. The standard InChI is InChI=1S/C12H12BrClN2S/c1-8(9-3-2-4-10(13)5-9)15-7-12-16-6-11(14)17-12/h2-6,8,15H,7H2,1H3/t8-/m1/s1. The molecule has 2 rings (SSSR count). The van der Waals surface area contributed by atoms with E-state index in [9.17, 15) is 0 Å². The predicted octanol–water partition coefficient (Wildman–Crippen LogP) is 4.41. The van der Waals surface area contributed by atoms with Crippen LogP contribution in [0.15, 0.2) is 34.9 Å². The molecule has 0 aliphatic carbocycles. The number of hydrogen-bond donors (Lipinski definition) is 1. The molecule has 1 aromatic carbocycles. The molecule has 0 amide bonds. The number of hydrogen-bond acceptors (Lipinski definition) is 3. The van der Waals surface area contributed by atoms with Crippen molar-refractivity contribution in [1.82, 2.24) is 10.3 Å². The fraction of sp³-hybridized carbons (Fsp3) is 0.250. The van der Waals surface area contributed by atoms with E-state index in [0.29, 0.717) is 0 Å². The molecule has 0 bridgehead atoms. The molecule has 0 saturated carbocycles. The molecule has 0 aliphatic rings. The van der Waals surface area contributed by atoms with Crippen molar-refractivity contribution < 1.29 is 0 Å². The molecule has 5 heteroatoms. The minimum absolute atomic E-state index is 0.287. The van der Waals surface area contributed by atoms with E-state index >= 15 is 0 Å². The van der Waals surface area contributed by atoms with Gasteiger partial charge in [-0.3, -0.25) is 0 Å². The molecule has 1 heterocycles. The number of nitrogens with zero attached hydrogens (tertiary/aromatic N) is 1. The molecule has 0 unspecified atom stereocenters. The monoisotopic (exact) mass is 330 g/mol. The molecular weight excluding hydrogens is 320 g/mol. The topological polar surface area (TPSA) is 24.9 Å². The number of thiazole rings is 1. The van der Waals surface area contributed by atoms with Gasteiger partial charge in [0.25, 0.3) is 0 Å². The van der Waals surface area contributed by atoms with Crippen LogP contribution in [0.2, 0.25) is 4.34 Å². The van der Waals surface area contributed by atoms with Gasteiger partial charge in [-0.2, -0.15) is 0 Å². The van der Waals surface area contributed by atoms with Gasteiger partial charge in [0.1, 0.15) is 9.34 Å². The minimum atomic E-state index is 0.287. The second-order valence-electron chi connectivity index (χ2n) is 3.72. The van der Waals surface area contributed by atoms with Gasteiger partial charge in [0, 0.05) is 17.1 Å². The number of aromatic nitrogens is 1. The highest BCUT2D eigenvalue weighted by Crippen LogP contribution is 2.21. The van der Waals surface area contributed by atoms with Crippen LogP contribution in [0.25, 0.3) is 0 Å². The zero-order chi connectivity index (χ0) is 12.3. The van der Waals surface area contributed by atoms with Crippen LogP contribution in [0.3, 0.4) is 0 Å². The van der Waals surface area contributed by atoms with Crippen molar-refractivity contribution in [3.63, 3.8) is 0 Å². The molecule has 2 nitrogen and oxygen atoms in total. The summed E-state index contributed by atoms with van der Waals surface area (Å²) in [7, 11) is 0. The maximum Gasteiger partial charge on any atom is 0.113 e. The third-order valence-corrected chi connectivity index (χ3v) is 4.04. The predicted molar refractivity (Wildman–Crippen MR) is 76.5 cm³/mol. The van der Waals surface area contributed by atoms with E-state index in [1.807, 2.05) is 12.1 Å². The third-order valence-electron chi connectivity index (χ3n) is 2.43. The number of rotatable bonds is 4. The van der Waals surface area contributed by atoms with Gasteiger partial charge in [-0.05, 0) is 24.6 Å². The summed E-state index contributed by atoms with van der Waals surface area (Å²) in [6, 6.07) is 8.58. The Kier molecular flexibility index (Phi) is 4.56. The first-order valence-corrected chi connectivity index (χ1v) is 7.23. The molecule has 0 aliphatic heterocycles. The van der Waals surface area contributed by atoms with Crippen LogP contribution in [0.4, 0.5) is 0 Å². The zero-order valence-electron chi connectivity index (χ0n) is 9.28. The van der Waals surface area contributed by atoms with Gasteiger partial charge in [-0.15, -0.1) is 11.3 Å². The SMILES string of the molecule is C[C@@H](NCc1ncc(Cl)s1)c1cccc(Br)c1. The first-order valence-electron chi connectivity index (χ1n) is 5.24. The van der Waals surface area contributed by atoms with Crippen molar-refractivity contribution in [3.05, 3.63) is 49.8 Å². The molecule has 17 heavy (non-hydrogen) atoms. The smallest absolute Gasteiger partial charge is 0.113 e. The largest absolute Gasteiger partial charge is 0.304 e. The average Bonchev–Trinajstić information content (AvgIpc) is 2.72. The first kappa shape index (κ1) is 13.0. The normalized spacial score (nSPS) is 12.6. The van der Waals surface area contributed by atoms with E-state index in [1.165, 1.54) is 16.9 Å². The Labute approximate surface area is 118 Å². The van der Waals surface area contributed by atoms with Gasteiger partial charge in [-0.1, -0.05) is 39.7 Å². The number of nitrogens with one attached hydrogen (secondary N) is 1. The molecule has 90 valence electrons. The summed E-state index contributed by atoms with van der Waals surface area (Å²) in [5, 5.41) is 4.44. The fourth-order valence-electron chi connectivity index (χ4n) is 1.50. The van der Waals surface area contributed by atoms with Crippen molar-refractivity contribution in [2.75, 3.05) is 0 Å². The van der Waals surface area contributed by atoms with Gasteiger partial charge < -0.3 is 5.32 Å². The fourth-order valence-corrected chi connectivity index (χ4v) is 2.83. The van der Waals surface area contributed by atoms with E-state index in [2.05, 4.69) is 45.3 Å². The van der Waals surface area contributed by atoms with E-state index in [-0.39, 0.29) is 6.04 Å².